The van der Waals surface area contributed by atoms with E-state index >= 15 is 0 Å². The van der Waals surface area contributed by atoms with Gasteiger partial charge in [0.1, 0.15) is 5.69 Å². The van der Waals surface area contributed by atoms with Gasteiger partial charge in [-0.15, -0.1) is 0 Å². The Labute approximate surface area is 237 Å². The van der Waals surface area contributed by atoms with E-state index in [9.17, 15) is 14.4 Å². The molecule has 2 N–H and O–H groups in total. The molecule has 2 amide bonds. The lowest BCUT2D eigenvalue weighted by molar-refractivity contribution is -0.450. The number of nitrogens with zero attached hydrogens (tertiary/aromatic N) is 3. The number of amides is 2. The second-order valence-electron chi connectivity index (χ2n) is 10.2. The third-order valence-corrected chi connectivity index (χ3v) is 7.41. The number of halogens is 2. The van der Waals surface area contributed by atoms with E-state index in [2.05, 4.69) is 10.6 Å². The number of anilines is 1. The Morgan fingerprint density at radius 3 is 2.33 bits per heavy atom. The molecule has 4 rings (SSSR count). The lowest BCUT2D eigenvalue weighted by Gasteiger charge is -2.23. The van der Waals surface area contributed by atoms with Crippen LogP contribution in [0.3, 0.4) is 0 Å². The van der Waals surface area contributed by atoms with E-state index in [1.165, 1.54) is 0 Å². The molecule has 3 aromatic rings. The number of rotatable bonds is 6. The number of carbonyl (C=O) groups excluding carboxylic acids is 2. The third kappa shape index (κ3) is 5.63. The van der Waals surface area contributed by atoms with E-state index in [-0.39, 0.29) is 42.3 Å². The summed E-state index contributed by atoms with van der Waals surface area (Å²) in [5.41, 5.74) is 4.01. The van der Waals surface area contributed by atoms with Crippen LogP contribution in [0.5, 0.6) is 0 Å². The highest BCUT2D eigenvalue weighted by Gasteiger charge is 2.33. The van der Waals surface area contributed by atoms with Crippen molar-refractivity contribution in [2.24, 2.45) is 0 Å². The van der Waals surface area contributed by atoms with E-state index in [4.69, 9.17) is 28.2 Å². The molecule has 1 aromatic heterocycles. The van der Waals surface area contributed by atoms with Gasteiger partial charge in [-0.2, -0.15) is 4.58 Å². The van der Waals surface area contributed by atoms with Gasteiger partial charge < -0.3 is 10.6 Å². The minimum atomic E-state index is -0.243. The molecule has 0 saturated carbocycles. The van der Waals surface area contributed by atoms with Crippen LogP contribution in [0, 0.1) is 0 Å². The smallest absolute Gasteiger partial charge is 0.355 e. The Hall–Kier alpha value is -3.49. The Morgan fingerprint density at radius 2 is 1.72 bits per heavy atom. The van der Waals surface area contributed by atoms with Crippen molar-refractivity contribution in [1.29, 1.82) is 0 Å². The van der Waals surface area contributed by atoms with E-state index < -0.39 is 0 Å². The molecule has 8 nitrogen and oxygen atoms in total. The van der Waals surface area contributed by atoms with Gasteiger partial charge in [-0.05, 0) is 61.7 Å². The van der Waals surface area contributed by atoms with Gasteiger partial charge in [0.25, 0.3) is 11.5 Å². The monoisotopic (exact) mass is 568 g/mol. The average Bonchev–Trinajstić information content (AvgIpc) is 2.89. The average molecular weight is 570 g/mol. The minimum Gasteiger partial charge on any atom is -0.355 e. The van der Waals surface area contributed by atoms with Crippen molar-refractivity contribution < 1.29 is 14.2 Å². The molecular weight excluding hydrogens is 537 g/mol. The lowest BCUT2D eigenvalue weighted by Crippen LogP contribution is -2.38. The number of benzene rings is 2. The van der Waals surface area contributed by atoms with Crippen LogP contribution in [0.15, 0.2) is 41.2 Å². The van der Waals surface area contributed by atoms with Crippen LogP contribution in [-0.4, -0.2) is 44.7 Å². The Balaban J connectivity index is 1.86. The number of hydrogen-bond donors (Lipinski definition) is 2. The van der Waals surface area contributed by atoms with Crippen molar-refractivity contribution in [3.05, 3.63) is 84.7 Å². The summed E-state index contributed by atoms with van der Waals surface area (Å²) < 4.78 is 3.21. The van der Waals surface area contributed by atoms with Crippen LogP contribution in [0.25, 0.3) is 5.69 Å². The van der Waals surface area contributed by atoms with Gasteiger partial charge in [0.15, 0.2) is 12.3 Å². The summed E-state index contributed by atoms with van der Waals surface area (Å²) in [6, 6.07) is 10.1. The van der Waals surface area contributed by atoms with Crippen molar-refractivity contribution in [1.82, 2.24) is 14.9 Å². The van der Waals surface area contributed by atoms with Crippen molar-refractivity contribution >= 4 is 46.7 Å². The van der Waals surface area contributed by atoms with Gasteiger partial charge in [-0.1, -0.05) is 37.0 Å². The Kier molecular flexibility index (Phi) is 8.28. The summed E-state index contributed by atoms with van der Waals surface area (Å²) in [5.74, 6) is -0.0262. The summed E-state index contributed by atoms with van der Waals surface area (Å²) in [7, 11) is 1.59. The largest absolute Gasteiger partial charge is 0.419 e. The molecule has 10 heteroatoms. The maximum absolute atomic E-state index is 14.1. The number of nitrogens with one attached hydrogen (secondary N) is 2. The number of carbonyl (C=O) groups is 2. The minimum absolute atomic E-state index is 0.0142. The SMILES string of the molecule is CNC(=O)c1ccc(-n2c(NC(C)C)nc3c(c2=O)CC(C)=[N+](C(=O)c2ccc(Cl)c(Cl)c2)C3)c(C(C)C)c1. The fourth-order valence-corrected chi connectivity index (χ4v) is 4.96. The molecule has 0 bridgehead atoms. The quantitative estimate of drug-likeness (QED) is 0.398. The summed E-state index contributed by atoms with van der Waals surface area (Å²) in [4.78, 5) is 44.7. The molecule has 204 valence electrons. The van der Waals surface area contributed by atoms with Crippen LogP contribution in [0.4, 0.5) is 5.95 Å². The normalized spacial score (nSPS) is 13.1. The van der Waals surface area contributed by atoms with Gasteiger partial charge in [-0.3, -0.25) is 9.59 Å². The zero-order valence-corrected chi connectivity index (χ0v) is 24.4. The summed E-state index contributed by atoms with van der Waals surface area (Å²) >= 11 is 12.2. The van der Waals surface area contributed by atoms with Gasteiger partial charge >= 0.3 is 5.91 Å². The van der Waals surface area contributed by atoms with Gasteiger partial charge in [0, 0.05) is 25.6 Å². The van der Waals surface area contributed by atoms with Gasteiger partial charge in [-0.25, -0.2) is 14.3 Å². The molecule has 39 heavy (non-hydrogen) atoms. The second kappa shape index (κ2) is 11.3. The van der Waals surface area contributed by atoms with Gasteiger partial charge in [0.05, 0.1) is 33.3 Å². The maximum atomic E-state index is 14.1. The fraction of sp³-hybridized carbons (Fsp3) is 0.345. The second-order valence-corrected chi connectivity index (χ2v) is 11.1. The van der Waals surface area contributed by atoms with Crippen molar-refractivity contribution in [3.8, 4) is 5.69 Å². The summed E-state index contributed by atoms with van der Waals surface area (Å²) in [6.07, 6.45) is 0.267. The van der Waals surface area contributed by atoms with Crippen molar-refractivity contribution in [3.63, 3.8) is 0 Å². The zero-order chi connectivity index (χ0) is 28.6. The Bertz CT molecular complexity index is 1570. The lowest BCUT2D eigenvalue weighted by atomic mass is 9.97. The number of hydrogen-bond acceptors (Lipinski definition) is 5. The van der Waals surface area contributed by atoms with Crippen molar-refractivity contribution in [2.75, 3.05) is 12.4 Å². The van der Waals surface area contributed by atoms with E-state index in [1.807, 2.05) is 40.7 Å². The van der Waals surface area contributed by atoms with Crippen LogP contribution in [-0.2, 0) is 13.0 Å². The van der Waals surface area contributed by atoms with Crippen LogP contribution in [0.2, 0.25) is 10.0 Å². The fourth-order valence-electron chi connectivity index (χ4n) is 4.66. The summed E-state index contributed by atoms with van der Waals surface area (Å²) in [5, 5.41) is 6.63. The molecule has 2 heterocycles. The standard InChI is InChI=1S/C29H31Cl2N5O3/c1-15(2)20-12-18(26(37)32-6)8-10-25(20)36-28(39)21-11-17(5)35(14-24(21)34-29(36)33-16(3)4)27(38)19-7-9-22(30)23(31)13-19/h7-10,12-13,15-16H,11,14H2,1-6H3,(H-,32,33,34,37,39)/p+1. The maximum Gasteiger partial charge on any atom is 0.419 e. The molecule has 0 unspecified atom stereocenters. The zero-order valence-electron chi connectivity index (χ0n) is 22.9. The first-order valence-electron chi connectivity index (χ1n) is 12.8. The molecule has 2 aromatic carbocycles. The van der Waals surface area contributed by atoms with Crippen LogP contribution >= 0.6 is 23.2 Å². The molecule has 0 fully saturated rings. The first-order chi connectivity index (χ1) is 18.4. The number of aromatic nitrogens is 2. The predicted molar refractivity (Wildman–Crippen MR) is 155 cm³/mol. The van der Waals surface area contributed by atoms with E-state index in [0.717, 1.165) is 11.3 Å². The molecule has 0 spiro atoms. The third-order valence-electron chi connectivity index (χ3n) is 6.67. The molecule has 0 aliphatic carbocycles. The molecule has 0 radical (unpaired) electrons. The van der Waals surface area contributed by atoms with Crippen LogP contribution < -0.4 is 16.2 Å². The van der Waals surface area contributed by atoms with Gasteiger partial charge in [0.2, 0.25) is 5.95 Å². The highest BCUT2D eigenvalue weighted by Crippen LogP contribution is 2.28. The van der Waals surface area contributed by atoms with Crippen molar-refractivity contribution in [2.45, 2.75) is 59.5 Å². The number of fused-ring (bicyclic) bond motifs is 1. The molecule has 1 aliphatic rings. The van der Waals surface area contributed by atoms with E-state index in [1.54, 1.807) is 46.5 Å². The molecule has 1 aliphatic heterocycles. The van der Waals surface area contributed by atoms with Crippen LogP contribution in [0.1, 0.15) is 78.1 Å². The predicted octanol–water partition coefficient (Wildman–Crippen LogP) is 5.21. The first-order valence-corrected chi connectivity index (χ1v) is 13.6. The summed E-state index contributed by atoms with van der Waals surface area (Å²) in [6.45, 7) is 9.94. The topological polar surface area (TPSA) is 96.1 Å². The van der Waals surface area contributed by atoms with E-state index in [0.29, 0.717) is 44.1 Å². The highest BCUT2D eigenvalue weighted by atomic mass is 35.5. The highest BCUT2D eigenvalue weighted by molar-refractivity contribution is 6.42. The molecule has 0 saturated heterocycles. The Morgan fingerprint density at radius 1 is 1.03 bits per heavy atom. The molecular formula is C29H32Cl2N5O3+. The first kappa shape index (κ1) is 28.5. The molecule has 0 atom stereocenters.